The highest BCUT2D eigenvalue weighted by molar-refractivity contribution is 6.31. The quantitative estimate of drug-likeness (QED) is 0.773. The number of halogens is 2. The van der Waals surface area contributed by atoms with E-state index in [0.29, 0.717) is 16.3 Å². The smallest absolute Gasteiger partial charge is 0.170 e. The fourth-order valence-corrected chi connectivity index (χ4v) is 2.48. The first kappa shape index (κ1) is 13.1. The summed E-state index contributed by atoms with van der Waals surface area (Å²) in [5.41, 5.74) is 2.13. The Balaban J connectivity index is 1.97. The minimum absolute atomic E-state index is 0.118. The summed E-state index contributed by atoms with van der Waals surface area (Å²) < 4.78 is 19.0. The molecule has 0 saturated carbocycles. The predicted octanol–water partition coefficient (Wildman–Crippen LogP) is 4.49. The normalized spacial score (nSPS) is 17.6. The Labute approximate surface area is 121 Å². The molecule has 1 atom stereocenters. The van der Waals surface area contributed by atoms with Gasteiger partial charge >= 0.3 is 0 Å². The molecule has 4 heteroatoms. The van der Waals surface area contributed by atoms with Crippen molar-refractivity contribution in [1.82, 2.24) is 0 Å². The van der Waals surface area contributed by atoms with Gasteiger partial charge in [-0.15, -0.1) is 0 Å². The van der Waals surface area contributed by atoms with Gasteiger partial charge in [-0.25, -0.2) is 4.39 Å². The van der Waals surface area contributed by atoms with E-state index in [0.717, 1.165) is 11.1 Å². The van der Waals surface area contributed by atoms with Crippen molar-refractivity contribution in [2.24, 2.45) is 0 Å². The van der Waals surface area contributed by atoms with Gasteiger partial charge < -0.3 is 4.74 Å². The third-order valence-corrected chi connectivity index (χ3v) is 3.86. The number of Topliss-reactive ketones (excluding diaryl/α,β-unsaturated/α-hetero) is 1. The highest BCUT2D eigenvalue weighted by Crippen LogP contribution is 2.36. The molecule has 0 spiro atoms. The van der Waals surface area contributed by atoms with Gasteiger partial charge in [0.2, 0.25) is 0 Å². The van der Waals surface area contributed by atoms with Crippen LogP contribution < -0.4 is 4.74 Å². The molecule has 0 radical (unpaired) electrons. The molecule has 0 fully saturated rings. The molecular formula is C16H12ClFO2. The van der Waals surface area contributed by atoms with E-state index in [2.05, 4.69) is 0 Å². The summed E-state index contributed by atoms with van der Waals surface area (Å²) in [6, 6.07) is 9.60. The van der Waals surface area contributed by atoms with E-state index in [4.69, 9.17) is 16.3 Å². The first-order valence-corrected chi connectivity index (χ1v) is 6.68. The van der Waals surface area contributed by atoms with Gasteiger partial charge in [-0.05, 0) is 42.3 Å². The van der Waals surface area contributed by atoms with Crippen molar-refractivity contribution in [1.29, 1.82) is 0 Å². The summed E-state index contributed by atoms with van der Waals surface area (Å²) in [5.74, 6) is -0.130. The van der Waals surface area contributed by atoms with E-state index in [1.165, 1.54) is 18.2 Å². The van der Waals surface area contributed by atoms with Crippen LogP contribution in [-0.2, 0) is 0 Å². The van der Waals surface area contributed by atoms with Gasteiger partial charge in [0.1, 0.15) is 17.7 Å². The van der Waals surface area contributed by atoms with E-state index in [9.17, 15) is 9.18 Å². The topological polar surface area (TPSA) is 26.3 Å². The summed E-state index contributed by atoms with van der Waals surface area (Å²) in [4.78, 5) is 12.1. The summed E-state index contributed by atoms with van der Waals surface area (Å²) >= 11 is 6.10. The standard InChI is InChI=1S/C16H12ClFO2/c1-9-2-3-10(6-13(9)17)16-8-14(19)12-7-11(18)4-5-15(12)20-16/h2-7,16H,8H2,1H3. The van der Waals surface area contributed by atoms with Crippen LogP contribution in [0.15, 0.2) is 36.4 Å². The maximum Gasteiger partial charge on any atom is 0.170 e. The Hall–Kier alpha value is -1.87. The van der Waals surface area contributed by atoms with E-state index in [-0.39, 0.29) is 18.3 Å². The lowest BCUT2D eigenvalue weighted by Crippen LogP contribution is -2.20. The number of carbonyl (C=O) groups is 1. The molecule has 2 aromatic rings. The molecule has 1 unspecified atom stereocenters. The zero-order valence-corrected chi connectivity index (χ0v) is 11.6. The number of hydrogen-bond donors (Lipinski definition) is 0. The SMILES string of the molecule is Cc1ccc(C2CC(=O)c3cc(F)ccc3O2)cc1Cl. The molecule has 2 aromatic carbocycles. The first-order valence-electron chi connectivity index (χ1n) is 6.30. The monoisotopic (exact) mass is 290 g/mol. The molecule has 0 amide bonds. The summed E-state index contributed by atoms with van der Waals surface area (Å²) in [5, 5.41) is 0.642. The lowest BCUT2D eigenvalue weighted by Gasteiger charge is -2.25. The number of hydrogen-bond acceptors (Lipinski definition) is 2. The zero-order chi connectivity index (χ0) is 14.3. The second-order valence-corrected chi connectivity index (χ2v) is 5.29. The van der Waals surface area contributed by atoms with Crippen LogP contribution in [0.4, 0.5) is 4.39 Å². The Morgan fingerprint density at radius 3 is 2.80 bits per heavy atom. The zero-order valence-electron chi connectivity index (χ0n) is 10.8. The van der Waals surface area contributed by atoms with Gasteiger partial charge in [0, 0.05) is 5.02 Å². The van der Waals surface area contributed by atoms with Gasteiger partial charge in [0.25, 0.3) is 0 Å². The molecule has 102 valence electrons. The van der Waals surface area contributed by atoms with E-state index in [1.807, 2.05) is 25.1 Å². The van der Waals surface area contributed by atoms with Crippen molar-refractivity contribution in [3.05, 3.63) is 63.9 Å². The van der Waals surface area contributed by atoms with Crippen LogP contribution in [0.25, 0.3) is 0 Å². The predicted molar refractivity (Wildman–Crippen MR) is 74.9 cm³/mol. The molecule has 1 aliphatic heterocycles. The van der Waals surface area contributed by atoms with Crippen molar-refractivity contribution in [2.75, 3.05) is 0 Å². The van der Waals surface area contributed by atoms with Gasteiger partial charge in [-0.1, -0.05) is 23.7 Å². The number of fused-ring (bicyclic) bond motifs is 1. The fourth-order valence-electron chi connectivity index (χ4n) is 2.29. The van der Waals surface area contributed by atoms with Crippen LogP contribution in [0.5, 0.6) is 5.75 Å². The third-order valence-electron chi connectivity index (χ3n) is 3.45. The molecule has 1 aliphatic rings. The summed E-state index contributed by atoms with van der Waals surface area (Å²) in [7, 11) is 0. The Kier molecular flexibility index (Phi) is 3.22. The van der Waals surface area contributed by atoms with Crippen LogP contribution in [0.2, 0.25) is 5.02 Å². The largest absolute Gasteiger partial charge is 0.484 e. The van der Waals surface area contributed by atoms with Gasteiger partial charge in [-0.3, -0.25) is 4.79 Å². The van der Waals surface area contributed by atoms with Crippen LogP contribution in [-0.4, -0.2) is 5.78 Å². The molecule has 0 N–H and O–H groups in total. The highest BCUT2D eigenvalue weighted by Gasteiger charge is 2.28. The van der Waals surface area contributed by atoms with Gasteiger partial charge in [0.15, 0.2) is 5.78 Å². The van der Waals surface area contributed by atoms with Crippen molar-refractivity contribution in [3.8, 4) is 5.75 Å². The lowest BCUT2D eigenvalue weighted by atomic mass is 9.96. The minimum Gasteiger partial charge on any atom is -0.484 e. The second kappa shape index (κ2) is 4.91. The number of carbonyl (C=O) groups excluding carboxylic acids is 1. The second-order valence-electron chi connectivity index (χ2n) is 4.88. The van der Waals surface area contributed by atoms with E-state index in [1.54, 1.807) is 0 Å². The summed E-state index contributed by atoms with van der Waals surface area (Å²) in [6.45, 7) is 1.91. The van der Waals surface area contributed by atoms with Crippen molar-refractivity contribution in [3.63, 3.8) is 0 Å². The molecule has 0 aromatic heterocycles. The van der Waals surface area contributed by atoms with Crippen LogP contribution in [0, 0.1) is 12.7 Å². The molecule has 1 heterocycles. The minimum atomic E-state index is -0.433. The molecule has 0 bridgehead atoms. The Bertz CT molecular complexity index is 697. The van der Waals surface area contributed by atoms with Crippen LogP contribution >= 0.6 is 11.6 Å². The van der Waals surface area contributed by atoms with Crippen LogP contribution in [0.1, 0.15) is 34.0 Å². The molecule has 2 nitrogen and oxygen atoms in total. The Morgan fingerprint density at radius 1 is 1.25 bits per heavy atom. The molecule has 3 rings (SSSR count). The number of benzene rings is 2. The number of rotatable bonds is 1. The third kappa shape index (κ3) is 2.29. The van der Waals surface area contributed by atoms with Crippen LogP contribution in [0.3, 0.4) is 0 Å². The molecule has 20 heavy (non-hydrogen) atoms. The number of ketones is 1. The van der Waals surface area contributed by atoms with Gasteiger partial charge in [0.05, 0.1) is 12.0 Å². The fraction of sp³-hybridized carbons (Fsp3) is 0.188. The highest BCUT2D eigenvalue weighted by atomic mass is 35.5. The molecule has 0 saturated heterocycles. The number of ether oxygens (including phenoxy) is 1. The average Bonchev–Trinajstić information content (AvgIpc) is 2.42. The molecule has 0 aliphatic carbocycles. The average molecular weight is 291 g/mol. The van der Waals surface area contributed by atoms with E-state index < -0.39 is 5.82 Å². The first-order chi connectivity index (χ1) is 9.54. The van der Waals surface area contributed by atoms with Crippen molar-refractivity contribution >= 4 is 17.4 Å². The van der Waals surface area contributed by atoms with Crippen molar-refractivity contribution in [2.45, 2.75) is 19.4 Å². The number of aryl methyl sites for hydroxylation is 1. The maximum absolute atomic E-state index is 13.2. The van der Waals surface area contributed by atoms with Gasteiger partial charge in [-0.2, -0.15) is 0 Å². The maximum atomic E-state index is 13.2. The molecular weight excluding hydrogens is 279 g/mol. The Morgan fingerprint density at radius 2 is 2.05 bits per heavy atom. The van der Waals surface area contributed by atoms with Crippen molar-refractivity contribution < 1.29 is 13.9 Å². The summed E-state index contributed by atoms with van der Waals surface area (Å²) in [6.07, 6.45) is -0.186. The van der Waals surface area contributed by atoms with E-state index >= 15 is 0 Å². The lowest BCUT2D eigenvalue weighted by molar-refractivity contribution is 0.0849.